The lowest BCUT2D eigenvalue weighted by Gasteiger charge is -2.22. The quantitative estimate of drug-likeness (QED) is 0.784. The summed E-state index contributed by atoms with van der Waals surface area (Å²) in [4.78, 5) is 26.1. The number of fused-ring (bicyclic) bond motifs is 1. The molecule has 2 heterocycles. The van der Waals surface area contributed by atoms with E-state index in [0.717, 1.165) is 0 Å². The van der Waals surface area contributed by atoms with E-state index in [9.17, 15) is 9.59 Å². The highest BCUT2D eigenvalue weighted by Gasteiger charge is 2.21. The van der Waals surface area contributed by atoms with Crippen LogP contribution in [0.15, 0.2) is 41.0 Å². The molecule has 0 aliphatic carbocycles. The Labute approximate surface area is 151 Å². The summed E-state index contributed by atoms with van der Waals surface area (Å²) in [6.45, 7) is 1.18. The number of likely N-dealkylation sites (N-methyl/N-ethyl adjacent to an activating group) is 1. The first kappa shape index (κ1) is 17.8. The summed E-state index contributed by atoms with van der Waals surface area (Å²) in [5.41, 5.74) is 0.463. The smallest absolute Gasteiger partial charge is 0.313 e. The van der Waals surface area contributed by atoms with Gasteiger partial charge in [-0.15, -0.1) is 0 Å². The molecule has 8 nitrogen and oxygen atoms in total. The van der Waals surface area contributed by atoms with Crippen molar-refractivity contribution in [1.82, 2.24) is 10.2 Å². The van der Waals surface area contributed by atoms with Crippen molar-refractivity contribution in [2.24, 2.45) is 0 Å². The van der Waals surface area contributed by atoms with Crippen molar-refractivity contribution in [3.05, 3.63) is 42.4 Å². The van der Waals surface area contributed by atoms with Gasteiger partial charge in [0.1, 0.15) is 19.0 Å². The van der Waals surface area contributed by atoms with Crippen molar-refractivity contribution in [2.75, 3.05) is 39.2 Å². The standard InChI is InChI=1S/C18H21N3O5/c1-21(2)13(14-4-3-7-24-14)11-19-17(22)18(23)20-12-5-6-15-16(10-12)26-9-8-25-15/h3-7,10,13H,8-9,11H2,1-2H3,(H,19,22)(H,20,23). The predicted octanol–water partition coefficient (Wildman–Crippen LogP) is 1.41. The van der Waals surface area contributed by atoms with Crippen molar-refractivity contribution < 1.29 is 23.5 Å². The molecule has 2 amide bonds. The van der Waals surface area contributed by atoms with E-state index < -0.39 is 11.8 Å². The average Bonchev–Trinajstić information content (AvgIpc) is 3.15. The van der Waals surface area contributed by atoms with Crippen LogP contribution in [0.25, 0.3) is 0 Å². The molecule has 2 aromatic rings. The van der Waals surface area contributed by atoms with Gasteiger partial charge >= 0.3 is 11.8 Å². The molecular formula is C18H21N3O5. The maximum absolute atomic E-state index is 12.1. The number of rotatable bonds is 5. The number of carbonyl (C=O) groups is 2. The Kier molecular flexibility index (Phi) is 5.43. The molecule has 1 aliphatic heterocycles. The molecule has 1 aromatic heterocycles. The zero-order valence-corrected chi connectivity index (χ0v) is 14.7. The van der Waals surface area contributed by atoms with Gasteiger partial charge in [-0.3, -0.25) is 14.5 Å². The molecule has 26 heavy (non-hydrogen) atoms. The van der Waals surface area contributed by atoms with Crippen LogP contribution in [0.2, 0.25) is 0 Å². The molecule has 0 bridgehead atoms. The normalized spacial score (nSPS) is 14.0. The number of carbonyl (C=O) groups excluding carboxylic acids is 2. The van der Waals surface area contributed by atoms with Crippen LogP contribution in [0.3, 0.4) is 0 Å². The van der Waals surface area contributed by atoms with Gasteiger partial charge in [0.15, 0.2) is 11.5 Å². The van der Waals surface area contributed by atoms with Crippen LogP contribution < -0.4 is 20.1 Å². The third kappa shape index (κ3) is 4.15. The van der Waals surface area contributed by atoms with Crippen LogP contribution in [0.4, 0.5) is 5.69 Å². The fourth-order valence-electron chi connectivity index (χ4n) is 2.60. The van der Waals surface area contributed by atoms with E-state index in [0.29, 0.717) is 36.2 Å². The summed E-state index contributed by atoms with van der Waals surface area (Å²) in [6.07, 6.45) is 1.57. The molecule has 0 radical (unpaired) electrons. The number of amides is 2. The zero-order chi connectivity index (χ0) is 18.5. The van der Waals surface area contributed by atoms with Crippen molar-refractivity contribution in [3.8, 4) is 11.5 Å². The van der Waals surface area contributed by atoms with Gasteiger partial charge in [-0.2, -0.15) is 0 Å². The Hall–Kier alpha value is -3.00. The van der Waals surface area contributed by atoms with Crippen LogP contribution in [0.5, 0.6) is 11.5 Å². The van der Waals surface area contributed by atoms with Gasteiger partial charge in [0.25, 0.3) is 0 Å². The number of hydrogen-bond donors (Lipinski definition) is 2. The lowest BCUT2D eigenvalue weighted by atomic mass is 10.2. The second-order valence-electron chi connectivity index (χ2n) is 6.02. The molecule has 1 aromatic carbocycles. The van der Waals surface area contributed by atoms with Crippen LogP contribution in [-0.4, -0.2) is 50.6 Å². The second kappa shape index (κ2) is 7.92. The first-order valence-corrected chi connectivity index (χ1v) is 8.23. The Morgan fingerprint density at radius 1 is 1.12 bits per heavy atom. The summed E-state index contributed by atoms with van der Waals surface area (Å²) < 4.78 is 16.3. The first-order valence-electron chi connectivity index (χ1n) is 8.23. The Bertz CT molecular complexity index is 773. The summed E-state index contributed by atoms with van der Waals surface area (Å²) in [6, 6.07) is 8.42. The van der Waals surface area contributed by atoms with E-state index in [-0.39, 0.29) is 12.6 Å². The molecule has 0 spiro atoms. The van der Waals surface area contributed by atoms with Gasteiger partial charge in [-0.1, -0.05) is 0 Å². The monoisotopic (exact) mass is 359 g/mol. The van der Waals surface area contributed by atoms with Gasteiger partial charge in [0.2, 0.25) is 0 Å². The van der Waals surface area contributed by atoms with Gasteiger partial charge < -0.3 is 24.5 Å². The van der Waals surface area contributed by atoms with E-state index in [1.54, 1.807) is 30.5 Å². The zero-order valence-electron chi connectivity index (χ0n) is 14.7. The van der Waals surface area contributed by atoms with Crippen molar-refractivity contribution in [3.63, 3.8) is 0 Å². The van der Waals surface area contributed by atoms with Crippen molar-refractivity contribution in [1.29, 1.82) is 0 Å². The molecular weight excluding hydrogens is 338 g/mol. The predicted molar refractivity (Wildman–Crippen MR) is 94.2 cm³/mol. The summed E-state index contributed by atoms with van der Waals surface area (Å²) in [7, 11) is 3.74. The number of hydrogen-bond acceptors (Lipinski definition) is 6. The van der Waals surface area contributed by atoms with E-state index >= 15 is 0 Å². The van der Waals surface area contributed by atoms with Crippen LogP contribution in [-0.2, 0) is 9.59 Å². The molecule has 3 rings (SSSR count). The van der Waals surface area contributed by atoms with Crippen LogP contribution in [0.1, 0.15) is 11.8 Å². The SMILES string of the molecule is CN(C)C(CNC(=O)C(=O)Nc1ccc2c(c1)OCCO2)c1ccco1. The minimum atomic E-state index is -0.751. The highest BCUT2D eigenvalue weighted by atomic mass is 16.6. The number of benzene rings is 1. The lowest BCUT2D eigenvalue weighted by Crippen LogP contribution is -2.40. The summed E-state index contributed by atoms with van der Waals surface area (Å²) in [5.74, 6) is 0.394. The first-order chi connectivity index (χ1) is 12.5. The van der Waals surface area contributed by atoms with E-state index in [1.165, 1.54) is 0 Å². The van der Waals surface area contributed by atoms with E-state index in [1.807, 2.05) is 25.1 Å². The minimum Gasteiger partial charge on any atom is -0.486 e. The molecule has 0 saturated carbocycles. The lowest BCUT2D eigenvalue weighted by molar-refractivity contribution is -0.136. The van der Waals surface area contributed by atoms with E-state index in [4.69, 9.17) is 13.9 Å². The fraction of sp³-hybridized carbons (Fsp3) is 0.333. The highest BCUT2D eigenvalue weighted by molar-refractivity contribution is 6.39. The number of ether oxygens (including phenoxy) is 2. The molecule has 8 heteroatoms. The summed E-state index contributed by atoms with van der Waals surface area (Å²) in [5, 5.41) is 5.18. The molecule has 1 unspecified atom stereocenters. The molecule has 138 valence electrons. The molecule has 1 atom stereocenters. The molecule has 0 fully saturated rings. The molecule has 1 aliphatic rings. The van der Waals surface area contributed by atoms with Crippen LogP contribution in [0, 0.1) is 0 Å². The third-order valence-corrected chi connectivity index (χ3v) is 3.96. The summed E-state index contributed by atoms with van der Waals surface area (Å²) >= 11 is 0. The minimum absolute atomic E-state index is 0.170. The van der Waals surface area contributed by atoms with Gasteiger partial charge in [0, 0.05) is 18.3 Å². The van der Waals surface area contributed by atoms with Crippen LogP contribution >= 0.6 is 0 Å². The van der Waals surface area contributed by atoms with E-state index in [2.05, 4.69) is 10.6 Å². The van der Waals surface area contributed by atoms with Crippen molar-refractivity contribution in [2.45, 2.75) is 6.04 Å². The second-order valence-corrected chi connectivity index (χ2v) is 6.02. The maximum Gasteiger partial charge on any atom is 0.313 e. The number of furan rings is 1. The van der Waals surface area contributed by atoms with Gasteiger partial charge in [-0.05, 0) is 38.4 Å². The average molecular weight is 359 g/mol. The largest absolute Gasteiger partial charge is 0.486 e. The molecule has 0 saturated heterocycles. The topological polar surface area (TPSA) is 93.0 Å². The molecule has 2 N–H and O–H groups in total. The highest BCUT2D eigenvalue weighted by Crippen LogP contribution is 2.32. The fourth-order valence-corrected chi connectivity index (χ4v) is 2.60. The number of anilines is 1. The van der Waals surface area contributed by atoms with Gasteiger partial charge in [-0.25, -0.2) is 0 Å². The Morgan fingerprint density at radius 2 is 1.88 bits per heavy atom. The Morgan fingerprint density at radius 3 is 2.58 bits per heavy atom. The maximum atomic E-state index is 12.1. The number of nitrogens with zero attached hydrogens (tertiary/aromatic N) is 1. The third-order valence-electron chi connectivity index (χ3n) is 3.96. The van der Waals surface area contributed by atoms with Crippen molar-refractivity contribution >= 4 is 17.5 Å². The van der Waals surface area contributed by atoms with Gasteiger partial charge in [0.05, 0.1) is 12.3 Å². The number of nitrogens with one attached hydrogen (secondary N) is 2. The Balaban J connectivity index is 1.57.